The van der Waals surface area contributed by atoms with Gasteiger partial charge in [-0.2, -0.15) is 0 Å². The van der Waals surface area contributed by atoms with Crippen LogP contribution in [0.25, 0.3) is 10.9 Å². The number of nitrogens with zero attached hydrogens (tertiary/aromatic N) is 2. The molecule has 32 heavy (non-hydrogen) atoms. The molecule has 1 heterocycles. The number of rotatable bonds is 9. The Kier molecular flexibility index (Phi) is 8.25. The molecule has 0 spiro atoms. The molecule has 0 bridgehead atoms. The van der Waals surface area contributed by atoms with Crippen LogP contribution in [0.2, 0.25) is 0 Å². The summed E-state index contributed by atoms with van der Waals surface area (Å²) in [7, 11) is 5.75. The zero-order chi connectivity index (χ0) is 23.1. The number of aromatic nitrogens is 1. The Bertz CT molecular complexity index is 1100. The first-order valence-electron chi connectivity index (χ1n) is 10.8. The Morgan fingerprint density at radius 1 is 1.12 bits per heavy atom. The van der Waals surface area contributed by atoms with Gasteiger partial charge in [0.05, 0.1) is 19.7 Å². The number of nitrogens with one attached hydrogen (secondary N) is 2. The first kappa shape index (κ1) is 23.8. The van der Waals surface area contributed by atoms with Gasteiger partial charge in [-0.15, -0.1) is 0 Å². The minimum atomic E-state index is -0.0980. The first-order chi connectivity index (χ1) is 15.4. The van der Waals surface area contributed by atoms with Crippen molar-refractivity contribution in [3.63, 3.8) is 0 Å². The number of fused-ring (bicyclic) bond motifs is 1. The van der Waals surface area contributed by atoms with Crippen LogP contribution in [-0.4, -0.2) is 54.2 Å². The van der Waals surface area contributed by atoms with Crippen LogP contribution in [0.4, 0.5) is 0 Å². The van der Waals surface area contributed by atoms with Crippen LogP contribution in [0.5, 0.6) is 5.75 Å². The van der Waals surface area contributed by atoms with Gasteiger partial charge in [0.15, 0.2) is 5.11 Å². The number of H-pyrrole nitrogens is 1. The van der Waals surface area contributed by atoms with E-state index in [2.05, 4.69) is 53.3 Å². The number of benzene rings is 2. The summed E-state index contributed by atoms with van der Waals surface area (Å²) >= 11 is 5.78. The number of aromatic amines is 1. The summed E-state index contributed by atoms with van der Waals surface area (Å²) in [6, 6.07) is 17.8. The summed E-state index contributed by atoms with van der Waals surface area (Å²) in [5.74, 6) is 0.757. The van der Waals surface area contributed by atoms with E-state index in [4.69, 9.17) is 17.0 Å². The third-order valence-corrected chi connectivity index (χ3v) is 5.83. The Morgan fingerprint density at radius 2 is 1.88 bits per heavy atom. The number of thiocarbonyl (C=S) groups is 1. The summed E-state index contributed by atoms with van der Waals surface area (Å²) in [6.45, 7) is 4.22. The molecule has 0 unspecified atom stereocenters. The van der Waals surface area contributed by atoms with Gasteiger partial charge in [-0.1, -0.05) is 30.3 Å². The minimum absolute atomic E-state index is 0.0687. The van der Waals surface area contributed by atoms with E-state index in [1.165, 1.54) is 5.56 Å². The van der Waals surface area contributed by atoms with E-state index >= 15 is 0 Å². The van der Waals surface area contributed by atoms with Crippen molar-refractivity contribution in [3.05, 3.63) is 76.1 Å². The average Bonchev–Trinajstić information content (AvgIpc) is 2.78. The van der Waals surface area contributed by atoms with Crippen molar-refractivity contribution in [2.24, 2.45) is 0 Å². The lowest BCUT2D eigenvalue weighted by Gasteiger charge is -2.28. The standard InChI is InChI=1S/C25H32N4O2S/c1-18(19-9-6-5-7-10-19)26-25(32)29(14-8-13-28(2)3)17-21-15-20-16-22(31-4)11-12-23(20)27-24(21)30/h5-7,9-12,15-16,18H,8,13-14,17H2,1-4H3,(H,26,32)(H,27,30)/t18-/m1/s1. The number of pyridine rings is 1. The molecule has 0 radical (unpaired) electrons. The van der Waals surface area contributed by atoms with E-state index in [1.807, 2.05) is 42.5 Å². The van der Waals surface area contributed by atoms with Crippen molar-refractivity contribution < 1.29 is 4.74 Å². The molecule has 2 N–H and O–H groups in total. The molecular weight excluding hydrogens is 420 g/mol. The topological polar surface area (TPSA) is 60.6 Å². The zero-order valence-corrected chi connectivity index (χ0v) is 20.0. The fourth-order valence-corrected chi connectivity index (χ4v) is 3.94. The predicted octanol–water partition coefficient (Wildman–Crippen LogP) is 3.93. The number of ether oxygens (including phenoxy) is 1. The van der Waals surface area contributed by atoms with Gasteiger partial charge in [0.1, 0.15) is 5.75 Å². The Labute approximate surface area is 195 Å². The van der Waals surface area contributed by atoms with Gasteiger partial charge in [-0.25, -0.2) is 0 Å². The molecule has 0 fully saturated rings. The molecule has 0 saturated carbocycles. The predicted molar refractivity (Wildman–Crippen MR) is 135 cm³/mol. The maximum atomic E-state index is 12.8. The van der Waals surface area contributed by atoms with Crippen molar-refractivity contribution in [1.29, 1.82) is 0 Å². The molecule has 7 heteroatoms. The van der Waals surface area contributed by atoms with Crippen molar-refractivity contribution in [1.82, 2.24) is 20.1 Å². The SMILES string of the molecule is COc1ccc2[nH]c(=O)c(CN(CCCN(C)C)C(=S)N[C@H](C)c3ccccc3)cc2c1. The third-order valence-electron chi connectivity index (χ3n) is 5.45. The van der Waals surface area contributed by atoms with Crippen LogP contribution in [0.15, 0.2) is 59.4 Å². The van der Waals surface area contributed by atoms with Gasteiger partial charge in [-0.3, -0.25) is 4.79 Å². The Hall–Kier alpha value is -2.90. The first-order valence-corrected chi connectivity index (χ1v) is 11.2. The van der Waals surface area contributed by atoms with Gasteiger partial charge in [-0.05, 0) is 76.0 Å². The second kappa shape index (κ2) is 11.1. The maximum absolute atomic E-state index is 12.8. The molecule has 0 amide bonds. The molecule has 3 aromatic rings. The summed E-state index contributed by atoms with van der Waals surface area (Å²) in [6.07, 6.45) is 0.938. The van der Waals surface area contributed by atoms with Crippen LogP contribution in [0.1, 0.15) is 30.5 Å². The Balaban J connectivity index is 1.82. The average molecular weight is 453 g/mol. The van der Waals surface area contributed by atoms with E-state index in [0.717, 1.165) is 36.2 Å². The lowest BCUT2D eigenvalue weighted by atomic mass is 10.1. The van der Waals surface area contributed by atoms with E-state index in [9.17, 15) is 4.79 Å². The van der Waals surface area contributed by atoms with E-state index in [1.54, 1.807) is 7.11 Å². The Morgan fingerprint density at radius 3 is 2.56 bits per heavy atom. The van der Waals surface area contributed by atoms with Crippen LogP contribution >= 0.6 is 12.2 Å². The molecule has 0 saturated heterocycles. The van der Waals surface area contributed by atoms with Gasteiger partial charge < -0.3 is 24.8 Å². The van der Waals surface area contributed by atoms with Gasteiger partial charge >= 0.3 is 0 Å². The van der Waals surface area contributed by atoms with Crippen LogP contribution < -0.4 is 15.6 Å². The molecule has 0 aliphatic rings. The highest BCUT2D eigenvalue weighted by Crippen LogP contribution is 2.19. The van der Waals surface area contributed by atoms with Gasteiger partial charge in [0, 0.05) is 23.0 Å². The van der Waals surface area contributed by atoms with Crippen molar-refractivity contribution in [2.75, 3.05) is 34.3 Å². The molecule has 6 nitrogen and oxygen atoms in total. The summed E-state index contributed by atoms with van der Waals surface area (Å²) in [5, 5.41) is 5.02. The van der Waals surface area contributed by atoms with Crippen molar-refractivity contribution in [3.8, 4) is 5.75 Å². The smallest absolute Gasteiger partial charge is 0.253 e. The third kappa shape index (κ3) is 6.31. The van der Waals surface area contributed by atoms with E-state index in [0.29, 0.717) is 17.2 Å². The molecular formula is C25H32N4O2S. The highest BCUT2D eigenvalue weighted by atomic mass is 32.1. The largest absolute Gasteiger partial charge is 0.497 e. The number of hydrogen-bond donors (Lipinski definition) is 2. The summed E-state index contributed by atoms with van der Waals surface area (Å²) in [4.78, 5) is 20.0. The number of methoxy groups -OCH3 is 1. The van der Waals surface area contributed by atoms with Gasteiger partial charge in [0.25, 0.3) is 5.56 Å². The number of hydrogen-bond acceptors (Lipinski definition) is 4. The van der Waals surface area contributed by atoms with Crippen LogP contribution in [-0.2, 0) is 6.54 Å². The molecule has 0 aliphatic heterocycles. The lowest BCUT2D eigenvalue weighted by molar-refractivity contribution is 0.339. The van der Waals surface area contributed by atoms with Crippen LogP contribution in [0.3, 0.4) is 0 Å². The van der Waals surface area contributed by atoms with Crippen molar-refractivity contribution >= 4 is 28.2 Å². The fraction of sp³-hybridized carbons (Fsp3) is 0.360. The highest BCUT2D eigenvalue weighted by Gasteiger charge is 2.16. The normalized spacial score (nSPS) is 12.0. The van der Waals surface area contributed by atoms with Crippen LogP contribution in [0, 0.1) is 0 Å². The van der Waals surface area contributed by atoms with E-state index in [-0.39, 0.29) is 11.6 Å². The highest BCUT2D eigenvalue weighted by molar-refractivity contribution is 7.80. The molecule has 1 aromatic heterocycles. The van der Waals surface area contributed by atoms with E-state index < -0.39 is 0 Å². The summed E-state index contributed by atoms with van der Waals surface area (Å²) < 4.78 is 5.34. The quantitative estimate of drug-likeness (QED) is 0.480. The lowest BCUT2D eigenvalue weighted by Crippen LogP contribution is -2.42. The summed E-state index contributed by atoms with van der Waals surface area (Å²) in [5.41, 5.74) is 2.53. The second-order valence-corrected chi connectivity index (χ2v) is 8.62. The monoisotopic (exact) mass is 452 g/mol. The second-order valence-electron chi connectivity index (χ2n) is 8.24. The molecule has 170 valence electrons. The van der Waals surface area contributed by atoms with Gasteiger partial charge in [0.2, 0.25) is 0 Å². The molecule has 1 atom stereocenters. The fourth-order valence-electron chi connectivity index (χ4n) is 3.61. The minimum Gasteiger partial charge on any atom is -0.497 e. The molecule has 2 aromatic carbocycles. The van der Waals surface area contributed by atoms with Crippen molar-refractivity contribution in [2.45, 2.75) is 25.9 Å². The maximum Gasteiger partial charge on any atom is 0.253 e. The zero-order valence-electron chi connectivity index (χ0n) is 19.2. The molecule has 3 rings (SSSR count). The molecule has 0 aliphatic carbocycles.